The van der Waals surface area contributed by atoms with E-state index in [1.165, 1.54) is 0 Å². The van der Waals surface area contributed by atoms with E-state index in [9.17, 15) is 4.79 Å². The summed E-state index contributed by atoms with van der Waals surface area (Å²) in [5, 5.41) is 2.75. The van der Waals surface area contributed by atoms with Gasteiger partial charge in [-0.25, -0.2) is 4.98 Å². The maximum absolute atomic E-state index is 11.4. The van der Waals surface area contributed by atoms with Crippen molar-refractivity contribution in [2.45, 2.75) is 13.3 Å². The summed E-state index contributed by atoms with van der Waals surface area (Å²) in [5.41, 5.74) is 6.11. The van der Waals surface area contributed by atoms with Gasteiger partial charge in [0.25, 0.3) is 0 Å². The first-order chi connectivity index (χ1) is 7.22. The Morgan fingerprint density at radius 3 is 3.00 bits per heavy atom. The van der Waals surface area contributed by atoms with Crippen LogP contribution in [0.25, 0.3) is 0 Å². The number of anilines is 2. The number of aromatic nitrogens is 1. The highest BCUT2D eigenvalue weighted by atomic mass is 32.2. The fraction of sp³-hybridized carbons (Fsp3) is 0.400. The molecule has 0 spiro atoms. The van der Waals surface area contributed by atoms with Crippen molar-refractivity contribution in [1.82, 2.24) is 4.98 Å². The van der Waals surface area contributed by atoms with Crippen LogP contribution in [0.2, 0.25) is 0 Å². The van der Waals surface area contributed by atoms with E-state index in [1.807, 2.05) is 0 Å². The van der Waals surface area contributed by atoms with Crippen LogP contribution in [-0.2, 0) is 4.79 Å². The van der Waals surface area contributed by atoms with Gasteiger partial charge in [0, 0.05) is 0 Å². The van der Waals surface area contributed by atoms with E-state index in [-0.39, 0.29) is 5.91 Å². The summed E-state index contributed by atoms with van der Waals surface area (Å²) in [4.78, 5) is 15.3. The highest BCUT2D eigenvalue weighted by molar-refractivity contribution is 7.99. The number of nitrogen functional groups attached to an aromatic ring is 1. The first-order valence-electron chi connectivity index (χ1n) is 4.81. The van der Waals surface area contributed by atoms with Gasteiger partial charge in [-0.15, -0.1) is 0 Å². The predicted molar refractivity (Wildman–Crippen MR) is 64.9 cm³/mol. The lowest BCUT2D eigenvalue weighted by Crippen LogP contribution is -2.14. The molecule has 1 heterocycles. The molecule has 0 atom stereocenters. The maximum Gasteiger partial charge on any atom is 0.234 e. The molecule has 0 aliphatic rings. The van der Waals surface area contributed by atoms with Gasteiger partial charge in [-0.05, 0) is 24.3 Å². The monoisotopic (exact) mass is 225 g/mol. The van der Waals surface area contributed by atoms with Crippen LogP contribution in [0, 0.1) is 0 Å². The molecular weight excluding hydrogens is 210 g/mol. The smallest absolute Gasteiger partial charge is 0.234 e. The minimum atomic E-state index is 0.0000198. The van der Waals surface area contributed by atoms with Gasteiger partial charge < -0.3 is 11.1 Å². The molecule has 0 aliphatic carbocycles. The summed E-state index contributed by atoms with van der Waals surface area (Å²) in [6, 6.07) is 3.40. The van der Waals surface area contributed by atoms with E-state index in [0.29, 0.717) is 17.3 Å². The molecule has 4 nitrogen and oxygen atoms in total. The second kappa shape index (κ2) is 6.29. The molecule has 1 aromatic heterocycles. The fourth-order valence-electron chi connectivity index (χ4n) is 0.986. The summed E-state index contributed by atoms with van der Waals surface area (Å²) in [6.45, 7) is 2.09. The highest BCUT2D eigenvalue weighted by Gasteiger charge is 2.01. The Morgan fingerprint density at radius 2 is 2.40 bits per heavy atom. The lowest BCUT2D eigenvalue weighted by Gasteiger charge is -2.04. The van der Waals surface area contributed by atoms with Crippen LogP contribution in [0.15, 0.2) is 18.3 Å². The number of nitrogens with one attached hydrogen (secondary N) is 1. The molecule has 0 aromatic carbocycles. The van der Waals surface area contributed by atoms with E-state index < -0.39 is 0 Å². The molecule has 0 radical (unpaired) electrons. The molecule has 0 bridgehead atoms. The van der Waals surface area contributed by atoms with Gasteiger partial charge in [0.15, 0.2) is 0 Å². The third-order valence-corrected chi connectivity index (χ3v) is 2.81. The number of hydrogen-bond donors (Lipinski definition) is 2. The number of hydrogen-bond acceptors (Lipinski definition) is 4. The number of rotatable bonds is 5. The molecule has 0 fully saturated rings. The Kier molecular flexibility index (Phi) is 4.97. The molecule has 5 heteroatoms. The SMILES string of the molecule is CCCSCC(=O)Nc1ccc(N)nc1. The average molecular weight is 225 g/mol. The standard InChI is InChI=1S/C10H15N3OS/c1-2-5-15-7-10(14)13-8-3-4-9(11)12-6-8/h3-4,6H,2,5,7H2,1H3,(H2,11,12)(H,13,14). The Hall–Kier alpha value is -1.23. The number of carbonyl (C=O) groups excluding carboxylic acids is 1. The van der Waals surface area contributed by atoms with Crippen LogP contribution in [0.5, 0.6) is 0 Å². The van der Waals surface area contributed by atoms with Crippen molar-refractivity contribution in [3.8, 4) is 0 Å². The zero-order valence-corrected chi connectivity index (χ0v) is 9.51. The van der Waals surface area contributed by atoms with E-state index in [2.05, 4.69) is 17.2 Å². The van der Waals surface area contributed by atoms with Crippen molar-refractivity contribution in [3.05, 3.63) is 18.3 Å². The summed E-state index contributed by atoms with van der Waals surface area (Å²) in [5.74, 6) is 1.94. The molecule has 0 unspecified atom stereocenters. The molecule has 3 N–H and O–H groups in total. The Morgan fingerprint density at radius 1 is 1.60 bits per heavy atom. The van der Waals surface area contributed by atoms with Crippen molar-refractivity contribution in [3.63, 3.8) is 0 Å². The zero-order valence-electron chi connectivity index (χ0n) is 8.69. The molecular formula is C10H15N3OS. The second-order valence-electron chi connectivity index (χ2n) is 3.07. The van der Waals surface area contributed by atoms with Crippen LogP contribution < -0.4 is 11.1 Å². The quantitative estimate of drug-likeness (QED) is 0.749. The van der Waals surface area contributed by atoms with Crippen molar-refractivity contribution in [2.75, 3.05) is 22.6 Å². The van der Waals surface area contributed by atoms with Gasteiger partial charge in [-0.3, -0.25) is 4.79 Å². The third-order valence-electron chi connectivity index (χ3n) is 1.65. The van der Waals surface area contributed by atoms with Crippen molar-refractivity contribution >= 4 is 29.2 Å². The summed E-state index contributed by atoms with van der Waals surface area (Å²) in [7, 11) is 0. The second-order valence-corrected chi connectivity index (χ2v) is 4.18. The van der Waals surface area contributed by atoms with Gasteiger partial charge in [-0.1, -0.05) is 6.92 Å². The van der Waals surface area contributed by atoms with Gasteiger partial charge in [0.1, 0.15) is 5.82 Å². The van der Waals surface area contributed by atoms with Gasteiger partial charge in [0.2, 0.25) is 5.91 Å². The average Bonchev–Trinajstić information content (AvgIpc) is 2.22. The van der Waals surface area contributed by atoms with Crippen molar-refractivity contribution in [2.24, 2.45) is 0 Å². The Bertz CT molecular complexity index is 313. The summed E-state index contributed by atoms with van der Waals surface area (Å²) in [6.07, 6.45) is 2.64. The van der Waals surface area contributed by atoms with Crippen LogP contribution in [0.3, 0.4) is 0 Å². The first-order valence-corrected chi connectivity index (χ1v) is 5.97. The molecule has 82 valence electrons. The van der Waals surface area contributed by atoms with Crippen LogP contribution in [-0.4, -0.2) is 22.4 Å². The lowest BCUT2D eigenvalue weighted by atomic mass is 10.4. The number of amides is 1. The van der Waals surface area contributed by atoms with Crippen LogP contribution in [0.4, 0.5) is 11.5 Å². The van der Waals surface area contributed by atoms with Crippen LogP contribution >= 0.6 is 11.8 Å². The van der Waals surface area contributed by atoms with Gasteiger partial charge >= 0.3 is 0 Å². The number of nitrogens with two attached hydrogens (primary N) is 1. The zero-order chi connectivity index (χ0) is 11.1. The van der Waals surface area contributed by atoms with Crippen molar-refractivity contribution in [1.29, 1.82) is 0 Å². The molecule has 1 rings (SSSR count). The van der Waals surface area contributed by atoms with Crippen LogP contribution in [0.1, 0.15) is 13.3 Å². The van der Waals surface area contributed by atoms with E-state index in [0.717, 1.165) is 12.2 Å². The van der Waals surface area contributed by atoms with E-state index in [1.54, 1.807) is 30.1 Å². The molecule has 1 aromatic rings. The first kappa shape index (κ1) is 11.8. The number of carbonyl (C=O) groups is 1. The minimum absolute atomic E-state index is 0.0000198. The molecule has 15 heavy (non-hydrogen) atoms. The van der Waals surface area contributed by atoms with E-state index >= 15 is 0 Å². The number of pyridine rings is 1. The lowest BCUT2D eigenvalue weighted by molar-refractivity contribution is -0.113. The Labute approximate surface area is 93.7 Å². The molecule has 0 aliphatic heterocycles. The molecule has 0 saturated heterocycles. The largest absolute Gasteiger partial charge is 0.384 e. The third kappa shape index (κ3) is 4.69. The normalized spacial score (nSPS) is 9.93. The summed E-state index contributed by atoms with van der Waals surface area (Å²) >= 11 is 1.63. The minimum Gasteiger partial charge on any atom is -0.384 e. The predicted octanol–water partition coefficient (Wildman–Crippen LogP) is 1.75. The Balaban J connectivity index is 2.34. The number of nitrogens with zero attached hydrogens (tertiary/aromatic N) is 1. The summed E-state index contributed by atoms with van der Waals surface area (Å²) < 4.78 is 0. The maximum atomic E-state index is 11.4. The van der Waals surface area contributed by atoms with Gasteiger partial charge in [0.05, 0.1) is 17.6 Å². The molecule has 1 amide bonds. The highest BCUT2D eigenvalue weighted by Crippen LogP contribution is 2.08. The van der Waals surface area contributed by atoms with E-state index in [4.69, 9.17) is 5.73 Å². The fourth-order valence-corrected chi connectivity index (χ4v) is 1.68. The molecule has 0 saturated carbocycles. The van der Waals surface area contributed by atoms with Gasteiger partial charge in [-0.2, -0.15) is 11.8 Å². The topological polar surface area (TPSA) is 68.0 Å². The van der Waals surface area contributed by atoms with Crippen molar-refractivity contribution < 1.29 is 4.79 Å². The number of thioether (sulfide) groups is 1.